The molecule has 4 rings (SSSR count). The molecule has 6 amide bonds. The van der Waals surface area contributed by atoms with E-state index in [1.54, 1.807) is 178 Å². The maximum absolute atomic E-state index is 14.9. The lowest BCUT2D eigenvalue weighted by Crippen LogP contribution is -2.64. The molecule has 16 nitrogen and oxygen atoms in total. The van der Waals surface area contributed by atoms with Crippen molar-refractivity contribution in [2.24, 2.45) is 23.3 Å². The molecule has 0 heterocycles. The largest absolute Gasteiger partial charge is 0.443 e. The number of ether oxygens (including phenoxy) is 2. The lowest BCUT2D eigenvalue weighted by atomic mass is 9.90. The SMILES string of the molecule is CC(C)[C@@H](C(=O)N[C@@H](Cc1ccccc1)[C@H](O)[C@@H](O)[C@H](Cc1ccccc1)NC(=O)[C@H](C(C)C)N(C(=O)OC(C)(C)C)C(=O)[C@@H](N)Cc1ccccc1)N(C(=O)OC(C)(C)C)C(=O)[C@@H](N)Cc1ccccc1. The van der Waals surface area contributed by atoms with Crippen LogP contribution in [0.4, 0.5) is 9.59 Å². The first-order chi connectivity index (χ1) is 33.8. The highest BCUT2D eigenvalue weighted by Gasteiger charge is 2.45. The molecule has 4 aromatic rings. The Kier molecular flexibility index (Phi) is 21.2. The van der Waals surface area contributed by atoms with E-state index in [0.717, 1.165) is 20.9 Å². The molecule has 0 bridgehead atoms. The molecule has 72 heavy (non-hydrogen) atoms. The van der Waals surface area contributed by atoms with Gasteiger partial charge in [0.15, 0.2) is 0 Å². The van der Waals surface area contributed by atoms with Crippen LogP contribution in [0.2, 0.25) is 0 Å². The van der Waals surface area contributed by atoms with Crippen molar-refractivity contribution >= 4 is 35.8 Å². The summed E-state index contributed by atoms with van der Waals surface area (Å²) in [5, 5.41) is 30.6. The second-order valence-electron chi connectivity index (χ2n) is 20.9. The average molecular weight is 993 g/mol. The van der Waals surface area contributed by atoms with E-state index < -0.39 is 107 Å². The fourth-order valence-corrected chi connectivity index (χ4v) is 8.27. The molecule has 0 aliphatic rings. The van der Waals surface area contributed by atoms with E-state index in [9.17, 15) is 39.0 Å². The molecule has 8 N–H and O–H groups in total. The molecular formula is C56H76N6O10. The smallest absolute Gasteiger partial charge is 0.417 e. The van der Waals surface area contributed by atoms with Gasteiger partial charge < -0.3 is 41.8 Å². The summed E-state index contributed by atoms with van der Waals surface area (Å²) in [6.45, 7) is 16.3. The van der Waals surface area contributed by atoms with Crippen LogP contribution in [0.25, 0.3) is 0 Å². The lowest BCUT2D eigenvalue weighted by Gasteiger charge is -2.38. The third-order valence-electron chi connectivity index (χ3n) is 11.7. The van der Waals surface area contributed by atoms with E-state index in [-0.39, 0.29) is 25.7 Å². The number of nitrogens with two attached hydrogens (primary N) is 2. The number of aliphatic hydroxyl groups excluding tert-OH is 2. The predicted octanol–water partition coefficient (Wildman–Crippen LogP) is 5.88. The molecule has 0 aliphatic carbocycles. The van der Waals surface area contributed by atoms with E-state index in [1.807, 2.05) is 12.1 Å². The minimum atomic E-state index is -1.85. The number of nitrogens with zero attached hydrogens (tertiary/aromatic N) is 2. The zero-order chi connectivity index (χ0) is 53.5. The quantitative estimate of drug-likeness (QED) is 0.0574. The first-order valence-corrected chi connectivity index (χ1v) is 24.5. The average Bonchev–Trinajstić information content (AvgIpc) is 3.30. The Bertz CT molecular complexity index is 2210. The number of imide groups is 2. The summed E-state index contributed by atoms with van der Waals surface area (Å²) < 4.78 is 11.4. The molecule has 16 heteroatoms. The standard InChI is InChI=1S/C56H76N6O10/c1-35(2)45(61(53(69)71-55(5,6)7)51(67)41(57)31-37-23-15-11-16-24-37)49(65)59-43(33-39-27-19-13-20-28-39)47(63)48(64)44(34-40-29-21-14-22-30-40)60-50(66)46(36(3)4)62(54(70)72-56(8,9)10)52(68)42(58)32-38-25-17-12-18-26-38/h11-30,35-36,41-48,63-64H,31-34,57-58H2,1-10H3,(H,59,65)(H,60,66)/t41-,42-,43-,44-,45-,46-,47-,48-/m0/s1. The zero-order valence-corrected chi connectivity index (χ0v) is 43.4. The second-order valence-corrected chi connectivity index (χ2v) is 20.9. The van der Waals surface area contributed by atoms with Gasteiger partial charge in [-0.25, -0.2) is 19.4 Å². The number of benzene rings is 4. The summed E-state index contributed by atoms with van der Waals surface area (Å²) in [4.78, 5) is 88.1. The maximum atomic E-state index is 14.9. The first kappa shape index (κ1) is 58.1. The van der Waals surface area contributed by atoms with Gasteiger partial charge in [-0.3, -0.25) is 19.2 Å². The Morgan fingerprint density at radius 3 is 0.958 bits per heavy atom. The zero-order valence-electron chi connectivity index (χ0n) is 43.4. The number of rotatable bonds is 21. The van der Waals surface area contributed by atoms with Gasteiger partial charge in [-0.1, -0.05) is 149 Å². The molecule has 0 saturated heterocycles. The Hall–Kier alpha value is -6.46. The van der Waals surface area contributed by atoms with Crippen LogP contribution in [0.5, 0.6) is 0 Å². The van der Waals surface area contributed by atoms with Gasteiger partial charge in [-0.05, 0) is 101 Å². The van der Waals surface area contributed by atoms with Crippen molar-refractivity contribution in [3.8, 4) is 0 Å². The molecule has 0 aliphatic heterocycles. The minimum absolute atomic E-state index is 0.0450. The Morgan fingerprint density at radius 1 is 0.472 bits per heavy atom. The normalized spacial score (nSPS) is 15.2. The number of aliphatic hydroxyl groups is 2. The van der Waals surface area contributed by atoms with Crippen molar-refractivity contribution < 1.29 is 48.5 Å². The fourth-order valence-electron chi connectivity index (χ4n) is 8.27. The van der Waals surface area contributed by atoms with E-state index >= 15 is 0 Å². The number of carbonyl (C=O) groups excluding carboxylic acids is 6. The Balaban J connectivity index is 1.77. The molecule has 0 unspecified atom stereocenters. The predicted molar refractivity (Wildman–Crippen MR) is 276 cm³/mol. The van der Waals surface area contributed by atoms with Gasteiger partial charge >= 0.3 is 12.2 Å². The van der Waals surface area contributed by atoms with Crippen molar-refractivity contribution in [2.45, 2.75) is 155 Å². The third kappa shape index (κ3) is 17.4. The van der Waals surface area contributed by atoms with Crippen LogP contribution >= 0.6 is 0 Å². The van der Waals surface area contributed by atoms with Crippen LogP contribution in [0.15, 0.2) is 121 Å². The number of hydrogen-bond donors (Lipinski definition) is 6. The molecule has 4 aromatic carbocycles. The summed E-state index contributed by atoms with van der Waals surface area (Å²) in [5.41, 5.74) is 13.6. The number of carbonyl (C=O) groups is 6. The third-order valence-corrected chi connectivity index (χ3v) is 11.7. The number of hydrogen-bond acceptors (Lipinski definition) is 12. The minimum Gasteiger partial charge on any atom is -0.443 e. The van der Waals surface area contributed by atoms with E-state index in [4.69, 9.17) is 20.9 Å². The highest BCUT2D eigenvalue weighted by molar-refractivity contribution is 6.01. The summed E-state index contributed by atoms with van der Waals surface area (Å²) >= 11 is 0. The molecule has 8 atom stereocenters. The molecule has 0 spiro atoms. The van der Waals surface area contributed by atoms with Crippen LogP contribution in [-0.4, -0.2) is 115 Å². The molecular weight excluding hydrogens is 917 g/mol. The van der Waals surface area contributed by atoms with Crippen LogP contribution in [0.3, 0.4) is 0 Å². The van der Waals surface area contributed by atoms with Gasteiger partial charge in [0.05, 0.1) is 24.2 Å². The van der Waals surface area contributed by atoms with Crippen LogP contribution in [-0.2, 0) is 54.3 Å². The molecule has 0 saturated carbocycles. The van der Waals surface area contributed by atoms with Crippen LogP contribution in [0, 0.1) is 11.8 Å². The fraction of sp³-hybridized carbons (Fsp3) is 0.464. The van der Waals surface area contributed by atoms with Gasteiger partial charge in [0.25, 0.3) is 0 Å². The van der Waals surface area contributed by atoms with E-state index in [1.165, 1.54) is 0 Å². The highest BCUT2D eigenvalue weighted by atomic mass is 16.6. The van der Waals surface area contributed by atoms with Crippen molar-refractivity contribution in [2.75, 3.05) is 0 Å². The van der Waals surface area contributed by atoms with Crippen molar-refractivity contribution in [1.29, 1.82) is 0 Å². The van der Waals surface area contributed by atoms with E-state index in [0.29, 0.717) is 11.1 Å². The Labute approximate surface area is 424 Å². The van der Waals surface area contributed by atoms with Gasteiger partial charge in [-0.15, -0.1) is 0 Å². The number of nitrogens with one attached hydrogen (secondary N) is 2. The maximum Gasteiger partial charge on any atom is 0.417 e. The lowest BCUT2D eigenvalue weighted by molar-refractivity contribution is -0.144. The summed E-state index contributed by atoms with van der Waals surface area (Å²) in [5.74, 6) is -4.89. The molecule has 0 fully saturated rings. The van der Waals surface area contributed by atoms with Gasteiger partial charge in [0.1, 0.15) is 35.5 Å². The molecule has 0 aromatic heterocycles. The summed E-state index contributed by atoms with van der Waals surface area (Å²) in [6.07, 6.45) is -5.93. The summed E-state index contributed by atoms with van der Waals surface area (Å²) in [6, 6.07) is 27.4. The van der Waals surface area contributed by atoms with Gasteiger partial charge in [0.2, 0.25) is 23.6 Å². The van der Waals surface area contributed by atoms with Crippen molar-refractivity contribution in [3.05, 3.63) is 144 Å². The molecule has 390 valence electrons. The van der Waals surface area contributed by atoms with Crippen LogP contribution in [0.1, 0.15) is 91.5 Å². The Morgan fingerprint density at radius 2 is 0.722 bits per heavy atom. The topological polar surface area (TPSA) is 244 Å². The monoisotopic (exact) mass is 993 g/mol. The van der Waals surface area contributed by atoms with Gasteiger partial charge in [0, 0.05) is 0 Å². The summed E-state index contributed by atoms with van der Waals surface area (Å²) in [7, 11) is 0. The second kappa shape index (κ2) is 26.3. The highest BCUT2D eigenvalue weighted by Crippen LogP contribution is 2.24. The van der Waals surface area contributed by atoms with Gasteiger partial charge in [-0.2, -0.15) is 0 Å². The first-order valence-electron chi connectivity index (χ1n) is 24.5. The van der Waals surface area contributed by atoms with Crippen molar-refractivity contribution in [1.82, 2.24) is 20.4 Å². The van der Waals surface area contributed by atoms with Crippen LogP contribution < -0.4 is 22.1 Å². The van der Waals surface area contributed by atoms with Crippen molar-refractivity contribution in [3.63, 3.8) is 0 Å². The number of amides is 6. The van der Waals surface area contributed by atoms with E-state index in [2.05, 4.69) is 10.6 Å². The molecule has 0 radical (unpaired) electrons.